The highest BCUT2D eigenvalue weighted by Crippen LogP contribution is 2.36. The first-order chi connectivity index (χ1) is 11.3. The number of benzene rings is 1. The van der Waals surface area contributed by atoms with Gasteiger partial charge >= 0.3 is 13.2 Å². The number of rotatable bonds is 3. The second-order valence-corrected chi connectivity index (χ2v) is 8.63. The van der Waals surface area contributed by atoms with Crippen LogP contribution < -0.4 is 10.8 Å². The van der Waals surface area contributed by atoms with Crippen LogP contribution in [0.1, 0.15) is 59.6 Å². The topological polar surface area (TPSA) is 56.8 Å². The van der Waals surface area contributed by atoms with E-state index in [1.165, 1.54) is 0 Å². The summed E-state index contributed by atoms with van der Waals surface area (Å²) in [6.07, 6.45) is -0.423. The average molecular weight is 347 g/mol. The Morgan fingerprint density at radius 3 is 2.24 bits per heavy atom. The van der Waals surface area contributed by atoms with E-state index in [1.54, 1.807) is 0 Å². The van der Waals surface area contributed by atoms with Crippen LogP contribution in [0.25, 0.3) is 0 Å². The van der Waals surface area contributed by atoms with Crippen molar-refractivity contribution < 1.29 is 18.8 Å². The van der Waals surface area contributed by atoms with Gasteiger partial charge in [-0.15, -0.1) is 0 Å². The molecular weight excluding hydrogens is 317 g/mol. The Balaban J connectivity index is 2.10. The third-order valence-electron chi connectivity index (χ3n) is 4.72. The summed E-state index contributed by atoms with van der Waals surface area (Å²) in [5, 5.41) is 2.80. The molecule has 0 radical (unpaired) electrons. The van der Waals surface area contributed by atoms with Crippen molar-refractivity contribution in [3.63, 3.8) is 0 Å². The van der Waals surface area contributed by atoms with E-state index in [0.717, 1.165) is 16.6 Å². The van der Waals surface area contributed by atoms with Gasteiger partial charge in [-0.25, -0.2) is 4.79 Å². The molecule has 5 nitrogen and oxygen atoms in total. The highest BCUT2D eigenvalue weighted by atomic mass is 16.7. The molecule has 0 bridgehead atoms. The number of hydrogen-bond donors (Lipinski definition) is 1. The molecule has 1 N–H and O–H groups in total. The van der Waals surface area contributed by atoms with Crippen molar-refractivity contribution in [3.8, 4) is 0 Å². The van der Waals surface area contributed by atoms with Crippen LogP contribution in [-0.2, 0) is 20.6 Å². The number of alkyl carbamates (subject to hydrolysis) is 1. The summed E-state index contributed by atoms with van der Waals surface area (Å²) in [6, 6.07) is 6.05. The summed E-state index contributed by atoms with van der Waals surface area (Å²) in [6.45, 7) is 16.1. The summed E-state index contributed by atoms with van der Waals surface area (Å²) in [7, 11) is -0.411. The molecule has 0 aliphatic carbocycles. The molecule has 6 heteroatoms. The van der Waals surface area contributed by atoms with Crippen molar-refractivity contribution >= 4 is 18.7 Å². The van der Waals surface area contributed by atoms with Crippen molar-refractivity contribution in [2.24, 2.45) is 0 Å². The lowest BCUT2D eigenvalue weighted by Gasteiger charge is -2.32. The van der Waals surface area contributed by atoms with Crippen LogP contribution in [0.3, 0.4) is 0 Å². The average Bonchev–Trinajstić information content (AvgIpc) is 2.64. The van der Waals surface area contributed by atoms with Crippen LogP contribution in [0.2, 0.25) is 0 Å². The largest absolute Gasteiger partial charge is 0.494 e. The molecule has 1 heterocycles. The Morgan fingerprint density at radius 2 is 1.72 bits per heavy atom. The lowest BCUT2D eigenvalue weighted by molar-refractivity contribution is 0.00578. The van der Waals surface area contributed by atoms with Gasteiger partial charge in [-0.2, -0.15) is 0 Å². The molecule has 1 fully saturated rings. The Bertz CT molecular complexity index is 633. The second kappa shape index (κ2) is 6.65. The Labute approximate surface area is 151 Å². The number of carbonyl (C=O) groups is 1. The zero-order valence-electron chi connectivity index (χ0n) is 16.6. The minimum Gasteiger partial charge on any atom is -0.444 e. The predicted octanol–water partition coefficient (Wildman–Crippen LogP) is 3.32. The minimum atomic E-state index is -0.510. The van der Waals surface area contributed by atoms with E-state index in [-0.39, 0.29) is 11.2 Å². The second-order valence-electron chi connectivity index (χ2n) is 8.63. The molecule has 0 aromatic heterocycles. The van der Waals surface area contributed by atoms with E-state index in [2.05, 4.69) is 5.32 Å². The van der Waals surface area contributed by atoms with E-state index in [9.17, 15) is 4.79 Å². The van der Waals surface area contributed by atoms with Gasteiger partial charge in [0, 0.05) is 6.54 Å². The van der Waals surface area contributed by atoms with Crippen LogP contribution in [0.4, 0.5) is 4.79 Å². The summed E-state index contributed by atoms with van der Waals surface area (Å²) in [5.41, 5.74) is 1.79. The SMILES string of the molecule is Cc1ccc(B2OC(C)(C)C(C)(C)O2)cc1CNC(=O)OC(C)(C)C. The third kappa shape index (κ3) is 4.76. The standard InChI is InChI=1S/C19H30BNO4/c1-13-9-10-15(20-24-18(5,6)19(7,8)25-20)11-14(13)12-21-16(22)23-17(2,3)4/h9-11H,12H2,1-8H3,(H,21,22). The van der Waals surface area contributed by atoms with E-state index >= 15 is 0 Å². The Kier molecular flexibility index (Phi) is 5.27. The van der Waals surface area contributed by atoms with Gasteiger partial charge in [-0.05, 0) is 72.0 Å². The molecule has 1 aliphatic heterocycles. The van der Waals surface area contributed by atoms with E-state index in [0.29, 0.717) is 6.54 Å². The molecule has 138 valence electrons. The van der Waals surface area contributed by atoms with Gasteiger partial charge in [0.05, 0.1) is 11.2 Å². The van der Waals surface area contributed by atoms with Gasteiger partial charge in [0.2, 0.25) is 0 Å². The predicted molar refractivity (Wildman–Crippen MR) is 100.0 cm³/mol. The smallest absolute Gasteiger partial charge is 0.444 e. The Hall–Kier alpha value is -1.53. The van der Waals surface area contributed by atoms with Crippen LogP contribution in [-0.4, -0.2) is 30.0 Å². The minimum absolute atomic E-state index is 0.377. The fourth-order valence-corrected chi connectivity index (χ4v) is 2.49. The molecule has 25 heavy (non-hydrogen) atoms. The number of aryl methyl sites for hydroxylation is 1. The number of ether oxygens (including phenoxy) is 1. The quantitative estimate of drug-likeness (QED) is 0.853. The summed E-state index contributed by atoms with van der Waals surface area (Å²) < 4.78 is 17.5. The van der Waals surface area contributed by atoms with Crippen molar-refractivity contribution in [1.29, 1.82) is 0 Å². The fourth-order valence-electron chi connectivity index (χ4n) is 2.49. The van der Waals surface area contributed by atoms with Crippen molar-refractivity contribution in [3.05, 3.63) is 29.3 Å². The first-order valence-electron chi connectivity index (χ1n) is 8.73. The maximum absolute atomic E-state index is 11.9. The fraction of sp³-hybridized carbons (Fsp3) is 0.632. The van der Waals surface area contributed by atoms with Gasteiger partial charge in [-0.3, -0.25) is 0 Å². The first-order valence-corrected chi connectivity index (χ1v) is 8.73. The van der Waals surface area contributed by atoms with Gasteiger partial charge in [0.25, 0.3) is 0 Å². The van der Waals surface area contributed by atoms with Gasteiger partial charge in [-0.1, -0.05) is 18.2 Å². The molecule has 1 aromatic rings. The molecule has 2 rings (SSSR count). The van der Waals surface area contributed by atoms with E-state index in [1.807, 2.05) is 73.6 Å². The number of carbonyl (C=O) groups excluding carboxylic acids is 1. The van der Waals surface area contributed by atoms with Crippen LogP contribution in [0.5, 0.6) is 0 Å². The molecule has 0 saturated carbocycles. The Morgan fingerprint density at radius 1 is 1.16 bits per heavy atom. The lowest BCUT2D eigenvalue weighted by Crippen LogP contribution is -2.41. The van der Waals surface area contributed by atoms with Gasteiger partial charge in [0.15, 0.2) is 0 Å². The van der Waals surface area contributed by atoms with Crippen LogP contribution in [0.15, 0.2) is 18.2 Å². The number of hydrogen-bond acceptors (Lipinski definition) is 4. The molecule has 1 amide bonds. The molecule has 1 aliphatic rings. The van der Waals surface area contributed by atoms with Crippen molar-refractivity contribution in [1.82, 2.24) is 5.32 Å². The zero-order chi connectivity index (χ0) is 19.0. The zero-order valence-corrected chi connectivity index (χ0v) is 16.6. The van der Waals surface area contributed by atoms with Crippen LogP contribution >= 0.6 is 0 Å². The highest BCUT2D eigenvalue weighted by molar-refractivity contribution is 6.62. The highest BCUT2D eigenvalue weighted by Gasteiger charge is 2.51. The number of amides is 1. The maximum Gasteiger partial charge on any atom is 0.494 e. The van der Waals surface area contributed by atoms with Crippen molar-refractivity contribution in [2.45, 2.75) is 78.7 Å². The third-order valence-corrected chi connectivity index (χ3v) is 4.72. The lowest BCUT2D eigenvalue weighted by atomic mass is 9.78. The summed E-state index contributed by atoms with van der Waals surface area (Å²) in [5.74, 6) is 0. The molecule has 0 spiro atoms. The van der Waals surface area contributed by atoms with Crippen LogP contribution in [0, 0.1) is 6.92 Å². The normalized spacial score (nSPS) is 19.0. The molecule has 1 aromatic carbocycles. The monoisotopic (exact) mass is 347 g/mol. The summed E-state index contributed by atoms with van der Waals surface area (Å²) in [4.78, 5) is 11.9. The van der Waals surface area contributed by atoms with E-state index < -0.39 is 18.8 Å². The molecule has 0 atom stereocenters. The van der Waals surface area contributed by atoms with Crippen molar-refractivity contribution in [2.75, 3.05) is 0 Å². The number of nitrogens with one attached hydrogen (secondary N) is 1. The molecule has 0 unspecified atom stereocenters. The van der Waals surface area contributed by atoms with E-state index in [4.69, 9.17) is 14.0 Å². The first kappa shape index (κ1) is 19.8. The van der Waals surface area contributed by atoms with Gasteiger partial charge < -0.3 is 19.4 Å². The molecule has 1 saturated heterocycles. The maximum atomic E-state index is 11.9. The van der Waals surface area contributed by atoms with Gasteiger partial charge in [0.1, 0.15) is 5.60 Å². The summed E-state index contributed by atoms with van der Waals surface area (Å²) >= 11 is 0. The molecular formula is C19H30BNO4.